The molecule has 1 aromatic heterocycles. The fraction of sp³-hybridized carbons (Fsp3) is 0.643. The fourth-order valence-electron chi connectivity index (χ4n) is 2.73. The molecule has 6 heteroatoms. The van der Waals surface area contributed by atoms with Crippen molar-refractivity contribution in [3.8, 4) is 0 Å². The molecule has 0 amide bonds. The molecule has 5 nitrogen and oxygen atoms in total. The number of sulfonamides is 1. The zero-order valence-electron chi connectivity index (χ0n) is 12.1. The van der Waals surface area contributed by atoms with Gasteiger partial charge in [-0.15, -0.1) is 0 Å². The molecule has 1 N–H and O–H groups in total. The number of hydrogen-bond donors (Lipinski definition) is 1. The van der Waals surface area contributed by atoms with Gasteiger partial charge in [0.2, 0.25) is 10.0 Å². The number of piperidine rings is 1. The smallest absolute Gasteiger partial charge is 0.211 e. The van der Waals surface area contributed by atoms with E-state index in [1.54, 1.807) is 10.5 Å². The van der Waals surface area contributed by atoms with Gasteiger partial charge in [0.15, 0.2) is 0 Å². The van der Waals surface area contributed by atoms with Crippen molar-refractivity contribution in [1.82, 2.24) is 14.6 Å². The Morgan fingerprint density at radius 1 is 1.50 bits per heavy atom. The first-order valence-corrected chi connectivity index (χ1v) is 8.93. The van der Waals surface area contributed by atoms with Crippen molar-refractivity contribution in [3.05, 3.63) is 30.1 Å². The zero-order valence-corrected chi connectivity index (χ0v) is 12.9. The van der Waals surface area contributed by atoms with Gasteiger partial charge in [0.05, 0.1) is 6.26 Å². The molecule has 0 saturated carbocycles. The number of pyridine rings is 1. The van der Waals surface area contributed by atoms with Crippen molar-refractivity contribution in [2.24, 2.45) is 5.92 Å². The summed E-state index contributed by atoms with van der Waals surface area (Å²) in [6.07, 6.45) is 6.77. The summed E-state index contributed by atoms with van der Waals surface area (Å²) in [6, 6.07) is 4.35. The second-order valence-corrected chi connectivity index (χ2v) is 7.41. The van der Waals surface area contributed by atoms with Crippen LogP contribution in [0.3, 0.4) is 0 Å². The minimum Gasteiger partial charge on any atom is -0.309 e. The van der Waals surface area contributed by atoms with E-state index >= 15 is 0 Å². The third-order valence-corrected chi connectivity index (χ3v) is 5.25. The quantitative estimate of drug-likeness (QED) is 0.888. The largest absolute Gasteiger partial charge is 0.309 e. The van der Waals surface area contributed by atoms with Gasteiger partial charge in [-0.05, 0) is 24.0 Å². The monoisotopic (exact) mass is 297 g/mol. The van der Waals surface area contributed by atoms with Crippen LogP contribution in [-0.2, 0) is 16.6 Å². The van der Waals surface area contributed by atoms with Crippen LogP contribution >= 0.6 is 0 Å². The van der Waals surface area contributed by atoms with Gasteiger partial charge < -0.3 is 5.32 Å². The van der Waals surface area contributed by atoms with Crippen molar-refractivity contribution in [2.75, 3.05) is 19.3 Å². The van der Waals surface area contributed by atoms with Crippen LogP contribution in [0.25, 0.3) is 0 Å². The molecule has 0 bridgehead atoms. The van der Waals surface area contributed by atoms with Crippen LogP contribution in [0.5, 0.6) is 0 Å². The van der Waals surface area contributed by atoms with Gasteiger partial charge in [-0.3, -0.25) is 4.98 Å². The molecule has 0 spiro atoms. The molecule has 2 atom stereocenters. The van der Waals surface area contributed by atoms with Crippen LogP contribution in [0, 0.1) is 5.92 Å². The summed E-state index contributed by atoms with van der Waals surface area (Å²) < 4.78 is 24.9. The van der Waals surface area contributed by atoms with Crippen LogP contribution in [0.15, 0.2) is 24.5 Å². The third kappa shape index (κ3) is 4.01. The lowest BCUT2D eigenvalue weighted by Gasteiger charge is -2.37. The highest BCUT2D eigenvalue weighted by Crippen LogP contribution is 2.22. The van der Waals surface area contributed by atoms with Gasteiger partial charge in [0, 0.05) is 38.1 Å². The Morgan fingerprint density at radius 2 is 2.30 bits per heavy atom. The van der Waals surface area contributed by atoms with Gasteiger partial charge in [-0.25, -0.2) is 12.7 Å². The molecule has 2 rings (SSSR count). The normalized spacial score (nSPS) is 24.7. The van der Waals surface area contributed by atoms with Gasteiger partial charge in [0.1, 0.15) is 0 Å². The molecule has 1 fully saturated rings. The van der Waals surface area contributed by atoms with Crippen LogP contribution < -0.4 is 5.32 Å². The summed E-state index contributed by atoms with van der Waals surface area (Å²) in [5.41, 5.74) is 1.16. The van der Waals surface area contributed by atoms with E-state index in [1.165, 1.54) is 6.26 Å². The average Bonchev–Trinajstić information content (AvgIpc) is 2.45. The van der Waals surface area contributed by atoms with E-state index in [2.05, 4.69) is 17.2 Å². The summed E-state index contributed by atoms with van der Waals surface area (Å²) in [7, 11) is -3.06. The highest BCUT2D eigenvalue weighted by Gasteiger charge is 2.31. The van der Waals surface area contributed by atoms with E-state index in [9.17, 15) is 8.42 Å². The molecule has 112 valence electrons. The van der Waals surface area contributed by atoms with E-state index in [-0.39, 0.29) is 0 Å². The first-order chi connectivity index (χ1) is 9.50. The maximum atomic E-state index is 11.6. The minimum atomic E-state index is -3.06. The Labute approximate surface area is 121 Å². The molecule has 1 saturated heterocycles. The summed E-state index contributed by atoms with van der Waals surface area (Å²) >= 11 is 0. The Morgan fingerprint density at radius 3 is 2.90 bits per heavy atom. The Balaban J connectivity index is 1.93. The first-order valence-electron chi connectivity index (χ1n) is 7.08. The average molecular weight is 297 g/mol. The number of rotatable bonds is 5. The molecule has 1 aliphatic rings. The van der Waals surface area contributed by atoms with E-state index in [0.717, 1.165) is 24.9 Å². The number of nitrogens with one attached hydrogen (secondary N) is 1. The van der Waals surface area contributed by atoms with E-state index in [1.807, 2.05) is 18.3 Å². The van der Waals surface area contributed by atoms with Gasteiger partial charge in [-0.2, -0.15) is 0 Å². The maximum absolute atomic E-state index is 11.6. The molecular weight excluding hydrogens is 274 g/mol. The molecule has 0 aromatic carbocycles. The standard InChI is InChI=1S/C14H23N3O2S/c1-3-13-11-17(20(2,18)19)8-6-14(13)16-10-12-5-4-7-15-9-12/h4-5,7,9,13-14,16H,3,6,8,10-11H2,1-2H3/t13-,14+/m1/s1. The van der Waals surface area contributed by atoms with E-state index in [4.69, 9.17) is 0 Å². The van der Waals surface area contributed by atoms with Crippen LogP contribution in [0.1, 0.15) is 25.3 Å². The third-order valence-electron chi connectivity index (χ3n) is 3.98. The van der Waals surface area contributed by atoms with E-state index in [0.29, 0.717) is 25.0 Å². The fourth-order valence-corrected chi connectivity index (χ4v) is 3.63. The van der Waals surface area contributed by atoms with Crippen molar-refractivity contribution >= 4 is 10.0 Å². The summed E-state index contributed by atoms with van der Waals surface area (Å²) in [6.45, 7) is 4.14. The number of hydrogen-bond acceptors (Lipinski definition) is 4. The lowest BCUT2D eigenvalue weighted by Crippen LogP contribution is -2.50. The highest BCUT2D eigenvalue weighted by molar-refractivity contribution is 7.88. The van der Waals surface area contributed by atoms with Crippen molar-refractivity contribution in [3.63, 3.8) is 0 Å². The van der Waals surface area contributed by atoms with Crippen molar-refractivity contribution in [2.45, 2.75) is 32.4 Å². The van der Waals surface area contributed by atoms with Crippen molar-refractivity contribution < 1.29 is 8.42 Å². The predicted octanol–water partition coefficient (Wildman–Crippen LogP) is 1.23. The SMILES string of the molecule is CC[C@@H]1CN(S(C)(=O)=O)CC[C@@H]1NCc1cccnc1. The summed E-state index contributed by atoms with van der Waals surface area (Å²) in [5, 5.41) is 3.55. The summed E-state index contributed by atoms with van der Waals surface area (Å²) in [5.74, 6) is 0.371. The predicted molar refractivity (Wildman–Crippen MR) is 79.7 cm³/mol. The van der Waals surface area contributed by atoms with Gasteiger partial charge >= 0.3 is 0 Å². The lowest BCUT2D eigenvalue weighted by molar-refractivity contribution is 0.201. The Kier molecular flexibility index (Phi) is 5.12. The Hall–Kier alpha value is -0.980. The minimum absolute atomic E-state index is 0.371. The molecule has 2 heterocycles. The van der Waals surface area contributed by atoms with Gasteiger partial charge in [-0.1, -0.05) is 19.4 Å². The van der Waals surface area contributed by atoms with Crippen LogP contribution in [0.2, 0.25) is 0 Å². The number of nitrogens with zero attached hydrogens (tertiary/aromatic N) is 2. The topological polar surface area (TPSA) is 62.3 Å². The van der Waals surface area contributed by atoms with Crippen LogP contribution in [-0.4, -0.2) is 43.1 Å². The first kappa shape index (κ1) is 15.4. The van der Waals surface area contributed by atoms with Gasteiger partial charge in [0.25, 0.3) is 0 Å². The zero-order chi connectivity index (χ0) is 14.6. The molecular formula is C14H23N3O2S. The molecule has 0 unspecified atom stereocenters. The summed E-state index contributed by atoms with van der Waals surface area (Å²) in [4.78, 5) is 4.10. The molecule has 1 aromatic rings. The molecule has 0 radical (unpaired) electrons. The Bertz CT molecular complexity index is 518. The number of aromatic nitrogens is 1. The highest BCUT2D eigenvalue weighted by atomic mass is 32.2. The molecule has 20 heavy (non-hydrogen) atoms. The molecule has 1 aliphatic heterocycles. The second-order valence-electron chi connectivity index (χ2n) is 5.43. The second kappa shape index (κ2) is 6.65. The van der Waals surface area contributed by atoms with Crippen molar-refractivity contribution in [1.29, 1.82) is 0 Å². The lowest BCUT2D eigenvalue weighted by atomic mass is 9.91. The van der Waals surface area contributed by atoms with Crippen LogP contribution in [0.4, 0.5) is 0 Å². The van der Waals surface area contributed by atoms with E-state index < -0.39 is 10.0 Å². The molecule has 0 aliphatic carbocycles. The maximum Gasteiger partial charge on any atom is 0.211 e.